The maximum absolute atomic E-state index is 5.81. The molecule has 0 saturated heterocycles. The largest absolute Gasteiger partial charge is 0.498 e. The molecule has 0 amide bonds. The van der Waals surface area contributed by atoms with Crippen molar-refractivity contribution >= 4 is 0 Å². The number of hydrogen-bond donors (Lipinski definition) is 0. The number of rotatable bonds is 7. The van der Waals surface area contributed by atoms with Crippen LogP contribution in [0.5, 0.6) is 0 Å². The van der Waals surface area contributed by atoms with Crippen molar-refractivity contribution in [1.82, 2.24) is 0 Å². The predicted octanol–water partition coefficient (Wildman–Crippen LogP) is 8.56. The molecule has 0 N–H and O–H groups in total. The standard InChI is InChI=1S/C29H48O/c1-7-30-23-15-17-28(5)22(19-23)11-12-24-26-14-13-25(21(4)10-8-9-20(2)3)29(26,6)18-16-27(24)28/h7,11,20-21,23-27H,1,8-10,12-19H2,2-6H3/t21?,23-,24?,25?,26?,27?,28-,29+/m1/s1. The highest BCUT2D eigenvalue weighted by Crippen LogP contribution is 2.67. The Morgan fingerprint density at radius 1 is 1.07 bits per heavy atom. The van der Waals surface area contributed by atoms with Gasteiger partial charge in [0.2, 0.25) is 0 Å². The number of allylic oxidation sites excluding steroid dienone is 1. The van der Waals surface area contributed by atoms with E-state index < -0.39 is 0 Å². The van der Waals surface area contributed by atoms with Crippen LogP contribution in [0.2, 0.25) is 0 Å². The molecule has 170 valence electrons. The van der Waals surface area contributed by atoms with Crippen LogP contribution in [0.25, 0.3) is 0 Å². The molecule has 1 heteroatoms. The van der Waals surface area contributed by atoms with Gasteiger partial charge in [-0.1, -0.05) is 72.1 Å². The van der Waals surface area contributed by atoms with E-state index in [1.807, 2.05) is 0 Å². The van der Waals surface area contributed by atoms with E-state index in [0.717, 1.165) is 41.9 Å². The van der Waals surface area contributed by atoms with E-state index in [1.165, 1.54) is 64.2 Å². The molecule has 0 aliphatic heterocycles. The fourth-order valence-electron chi connectivity index (χ4n) is 8.90. The van der Waals surface area contributed by atoms with Gasteiger partial charge in [0.05, 0.1) is 6.26 Å². The Balaban J connectivity index is 1.47. The zero-order valence-corrected chi connectivity index (χ0v) is 20.6. The lowest BCUT2D eigenvalue weighted by Crippen LogP contribution is -2.50. The minimum atomic E-state index is 0.370. The zero-order valence-electron chi connectivity index (χ0n) is 20.6. The highest BCUT2D eigenvalue weighted by atomic mass is 16.5. The van der Waals surface area contributed by atoms with Gasteiger partial charge < -0.3 is 4.74 Å². The summed E-state index contributed by atoms with van der Waals surface area (Å²) in [6.07, 6.45) is 19.9. The third kappa shape index (κ3) is 3.81. The van der Waals surface area contributed by atoms with Gasteiger partial charge in [-0.15, -0.1) is 0 Å². The van der Waals surface area contributed by atoms with Crippen LogP contribution in [-0.2, 0) is 4.74 Å². The number of fused-ring (bicyclic) bond motifs is 5. The predicted molar refractivity (Wildman–Crippen MR) is 128 cm³/mol. The lowest BCUT2D eigenvalue weighted by molar-refractivity contribution is -0.0580. The molecule has 3 saturated carbocycles. The summed E-state index contributed by atoms with van der Waals surface area (Å²) in [5.74, 6) is 5.54. The average molecular weight is 413 g/mol. The van der Waals surface area contributed by atoms with E-state index >= 15 is 0 Å². The van der Waals surface area contributed by atoms with Crippen LogP contribution in [0.15, 0.2) is 24.5 Å². The molecule has 8 atom stereocenters. The molecule has 3 fully saturated rings. The van der Waals surface area contributed by atoms with Gasteiger partial charge in [-0.2, -0.15) is 0 Å². The van der Waals surface area contributed by atoms with Crippen molar-refractivity contribution < 1.29 is 4.74 Å². The molecule has 0 aromatic rings. The normalized spacial score (nSPS) is 43.9. The van der Waals surface area contributed by atoms with E-state index in [2.05, 4.69) is 47.3 Å². The van der Waals surface area contributed by atoms with Gasteiger partial charge >= 0.3 is 0 Å². The van der Waals surface area contributed by atoms with E-state index in [0.29, 0.717) is 16.9 Å². The van der Waals surface area contributed by atoms with Crippen molar-refractivity contribution in [3.8, 4) is 0 Å². The monoisotopic (exact) mass is 412 g/mol. The van der Waals surface area contributed by atoms with Gasteiger partial charge in [-0.3, -0.25) is 0 Å². The van der Waals surface area contributed by atoms with Gasteiger partial charge in [0, 0.05) is 6.42 Å². The smallest absolute Gasteiger partial charge is 0.102 e. The topological polar surface area (TPSA) is 9.23 Å². The Morgan fingerprint density at radius 2 is 1.87 bits per heavy atom. The molecule has 5 unspecified atom stereocenters. The molecule has 0 aromatic heterocycles. The highest BCUT2D eigenvalue weighted by molar-refractivity contribution is 5.25. The summed E-state index contributed by atoms with van der Waals surface area (Å²) in [4.78, 5) is 0. The minimum absolute atomic E-state index is 0.370. The van der Waals surface area contributed by atoms with Crippen molar-refractivity contribution in [2.24, 2.45) is 46.3 Å². The lowest BCUT2D eigenvalue weighted by Gasteiger charge is -2.58. The Bertz CT molecular complexity index is 647. The summed E-state index contributed by atoms with van der Waals surface area (Å²) in [5.41, 5.74) is 2.76. The van der Waals surface area contributed by atoms with Crippen LogP contribution in [-0.4, -0.2) is 6.10 Å². The van der Waals surface area contributed by atoms with E-state index in [1.54, 1.807) is 11.8 Å². The second-order valence-corrected chi connectivity index (χ2v) is 12.5. The third-order valence-electron chi connectivity index (χ3n) is 10.5. The number of hydrogen-bond acceptors (Lipinski definition) is 1. The summed E-state index contributed by atoms with van der Waals surface area (Å²) in [6, 6.07) is 0. The van der Waals surface area contributed by atoms with Crippen LogP contribution in [0.1, 0.15) is 105 Å². The molecule has 0 aromatic carbocycles. The van der Waals surface area contributed by atoms with E-state index in [-0.39, 0.29) is 0 Å². The van der Waals surface area contributed by atoms with Crippen LogP contribution in [0.3, 0.4) is 0 Å². The molecular weight excluding hydrogens is 364 g/mol. The second kappa shape index (κ2) is 8.67. The summed E-state index contributed by atoms with van der Waals surface area (Å²) < 4.78 is 5.81. The van der Waals surface area contributed by atoms with Gasteiger partial charge in [0.15, 0.2) is 0 Å². The Hall–Kier alpha value is -0.720. The minimum Gasteiger partial charge on any atom is -0.498 e. The maximum Gasteiger partial charge on any atom is 0.102 e. The first-order valence-electron chi connectivity index (χ1n) is 13.3. The summed E-state index contributed by atoms with van der Waals surface area (Å²) in [6.45, 7) is 16.5. The van der Waals surface area contributed by atoms with Crippen molar-refractivity contribution in [2.75, 3.05) is 0 Å². The van der Waals surface area contributed by atoms with Gasteiger partial charge in [-0.05, 0) is 91.3 Å². The Kier molecular flexibility index (Phi) is 6.49. The summed E-state index contributed by atoms with van der Waals surface area (Å²) in [7, 11) is 0. The first-order valence-corrected chi connectivity index (χ1v) is 13.3. The molecule has 30 heavy (non-hydrogen) atoms. The summed E-state index contributed by atoms with van der Waals surface area (Å²) >= 11 is 0. The van der Waals surface area contributed by atoms with Crippen LogP contribution in [0, 0.1) is 46.3 Å². The van der Waals surface area contributed by atoms with Gasteiger partial charge in [0.1, 0.15) is 6.10 Å². The fourth-order valence-corrected chi connectivity index (χ4v) is 8.90. The van der Waals surface area contributed by atoms with Crippen molar-refractivity contribution in [3.63, 3.8) is 0 Å². The van der Waals surface area contributed by atoms with Crippen molar-refractivity contribution in [2.45, 2.75) is 111 Å². The quantitative estimate of drug-likeness (QED) is 0.300. The van der Waals surface area contributed by atoms with E-state index in [9.17, 15) is 0 Å². The highest BCUT2D eigenvalue weighted by Gasteiger charge is 2.59. The number of ether oxygens (including phenoxy) is 1. The van der Waals surface area contributed by atoms with Crippen LogP contribution in [0.4, 0.5) is 0 Å². The van der Waals surface area contributed by atoms with Gasteiger partial charge in [-0.25, -0.2) is 0 Å². The Morgan fingerprint density at radius 3 is 2.60 bits per heavy atom. The molecular formula is C29H48O. The zero-order chi connectivity index (χ0) is 21.5. The van der Waals surface area contributed by atoms with Gasteiger partial charge in [0.25, 0.3) is 0 Å². The molecule has 4 rings (SSSR count). The first kappa shape index (κ1) is 22.5. The SMILES string of the molecule is C=CO[C@@H]1CC[C@]2(C)C(=CCC3C4CCC(C(C)CCCC(C)C)[C@]4(C)CCC32)C1. The molecule has 0 radical (unpaired) electrons. The first-order chi connectivity index (χ1) is 14.3. The van der Waals surface area contributed by atoms with E-state index in [4.69, 9.17) is 4.74 Å². The second-order valence-electron chi connectivity index (χ2n) is 12.5. The molecule has 0 heterocycles. The molecule has 1 nitrogen and oxygen atoms in total. The van der Waals surface area contributed by atoms with Crippen LogP contribution >= 0.6 is 0 Å². The molecule has 4 aliphatic carbocycles. The molecule has 0 spiro atoms. The lowest BCUT2D eigenvalue weighted by atomic mass is 9.47. The molecule has 4 aliphatic rings. The van der Waals surface area contributed by atoms with Crippen LogP contribution < -0.4 is 0 Å². The molecule has 0 bridgehead atoms. The average Bonchev–Trinajstić information content (AvgIpc) is 3.05. The van der Waals surface area contributed by atoms with Crippen molar-refractivity contribution in [3.05, 3.63) is 24.5 Å². The summed E-state index contributed by atoms with van der Waals surface area (Å²) in [5, 5.41) is 0. The van der Waals surface area contributed by atoms with Crippen molar-refractivity contribution in [1.29, 1.82) is 0 Å². The third-order valence-corrected chi connectivity index (χ3v) is 10.5. The fraction of sp³-hybridized carbons (Fsp3) is 0.862. The Labute approximate surface area is 187 Å². The maximum atomic E-state index is 5.81.